The summed E-state index contributed by atoms with van der Waals surface area (Å²) in [4.78, 5) is 10.7. The number of aromatic hydroxyl groups is 1. The van der Waals surface area contributed by atoms with Gasteiger partial charge < -0.3 is 10.2 Å². The van der Waals surface area contributed by atoms with Gasteiger partial charge in [-0.15, -0.1) is 6.58 Å². The standard InChI is InChI=1S/C10H10O3/c1-2-3-7-6-8(11)4-5-9(7)10(12)13/h2,4-6,11H,1,3H2,(H,12,13). The maximum absolute atomic E-state index is 10.7. The summed E-state index contributed by atoms with van der Waals surface area (Å²) in [6.45, 7) is 3.51. The van der Waals surface area contributed by atoms with Crippen LogP contribution in [0.5, 0.6) is 5.75 Å². The summed E-state index contributed by atoms with van der Waals surface area (Å²) < 4.78 is 0. The van der Waals surface area contributed by atoms with Gasteiger partial charge >= 0.3 is 5.97 Å². The highest BCUT2D eigenvalue weighted by Gasteiger charge is 2.08. The number of allylic oxidation sites excluding steroid dienone is 1. The van der Waals surface area contributed by atoms with Crippen molar-refractivity contribution in [1.29, 1.82) is 0 Å². The summed E-state index contributed by atoms with van der Waals surface area (Å²) in [5.41, 5.74) is 0.778. The highest BCUT2D eigenvalue weighted by Crippen LogP contribution is 2.17. The van der Waals surface area contributed by atoms with Gasteiger partial charge in [0.05, 0.1) is 5.56 Å². The molecule has 0 heterocycles. The van der Waals surface area contributed by atoms with Crippen LogP contribution in [0, 0.1) is 0 Å². The van der Waals surface area contributed by atoms with Crippen molar-refractivity contribution in [3.05, 3.63) is 42.0 Å². The predicted octanol–water partition coefficient (Wildman–Crippen LogP) is 1.82. The average molecular weight is 178 g/mol. The van der Waals surface area contributed by atoms with Crippen LogP contribution in [0.25, 0.3) is 0 Å². The molecule has 68 valence electrons. The number of rotatable bonds is 3. The lowest BCUT2D eigenvalue weighted by Gasteiger charge is -2.03. The molecule has 0 fully saturated rings. The Labute approximate surface area is 76.0 Å². The molecule has 0 unspecified atom stereocenters. The van der Waals surface area contributed by atoms with Gasteiger partial charge in [-0.1, -0.05) is 6.08 Å². The van der Waals surface area contributed by atoms with E-state index in [2.05, 4.69) is 6.58 Å². The van der Waals surface area contributed by atoms with Crippen LogP contribution in [0.3, 0.4) is 0 Å². The SMILES string of the molecule is C=CCc1cc(O)ccc1C(=O)O. The zero-order chi connectivity index (χ0) is 9.84. The molecule has 3 heteroatoms. The van der Waals surface area contributed by atoms with Crippen molar-refractivity contribution in [2.24, 2.45) is 0 Å². The molecular formula is C10H10O3. The zero-order valence-corrected chi connectivity index (χ0v) is 7.03. The van der Waals surface area contributed by atoms with E-state index < -0.39 is 5.97 Å². The molecule has 1 rings (SSSR count). The molecule has 2 N–H and O–H groups in total. The molecule has 13 heavy (non-hydrogen) atoms. The van der Waals surface area contributed by atoms with Gasteiger partial charge in [-0.2, -0.15) is 0 Å². The smallest absolute Gasteiger partial charge is 0.335 e. The second-order valence-corrected chi connectivity index (χ2v) is 2.64. The first-order chi connectivity index (χ1) is 6.15. The molecule has 1 aromatic rings. The first-order valence-electron chi connectivity index (χ1n) is 3.81. The molecule has 0 atom stereocenters. The van der Waals surface area contributed by atoms with Gasteiger partial charge in [0.2, 0.25) is 0 Å². The lowest BCUT2D eigenvalue weighted by molar-refractivity contribution is 0.0696. The lowest BCUT2D eigenvalue weighted by atomic mass is 10.0. The zero-order valence-electron chi connectivity index (χ0n) is 7.03. The van der Waals surface area contributed by atoms with Crippen LogP contribution in [0.1, 0.15) is 15.9 Å². The van der Waals surface area contributed by atoms with Crippen molar-refractivity contribution < 1.29 is 15.0 Å². The van der Waals surface area contributed by atoms with E-state index in [0.717, 1.165) is 0 Å². The van der Waals surface area contributed by atoms with Gasteiger partial charge in [0.1, 0.15) is 5.75 Å². The van der Waals surface area contributed by atoms with Crippen molar-refractivity contribution in [2.45, 2.75) is 6.42 Å². The highest BCUT2D eigenvalue weighted by atomic mass is 16.4. The fourth-order valence-corrected chi connectivity index (χ4v) is 1.11. The predicted molar refractivity (Wildman–Crippen MR) is 49.0 cm³/mol. The number of hydrogen-bond acceptors (Lipinski definition) is 2. The van der Waals surface area contributed by atoms with Crippen LogP contribution in [-0.2, 0) is 6.42 Å². The minimum absolute atomic E-state index is 0.0712. The van der Waals surface area contributed by atoms with Gasteiger partial charge in [-0.05, 0) is 30.2 Å². The van der Waals surface area contributed by atoms with Gasteiger partial charge in [0.25, 0.3) is 0 Å². The maximum atomic E-state index is 10.7. The van der Waals surface area contributed by atoms with E-state index in [1.807, 2.05) is 0 Å². The summed E-state index contributed by atoms with van der Waals surface area (Å²) >= 11 is 0. The third-order valence-corrected chi connectivity index (χ3v) is 1.68. The Morgan fingerprint density at radius 3 is 2.77 bits per heavy atom. The number of phenols is 1. The van der Waals surface area contributed by atoms with Gasteiger partial charge in [-0.3, -0.25) is 0 Å². The minimum Gasteiger partial charge on any atom is -0.508 e. The van der Waals surface area contributed by atoms with Crippen LogP contribution >= 0.6 is 0 Å². The van der Waals surface area contributed by atoms with Gasteiger partial charge in [-0.25, -0.2) is 4.79 Å². The van der Waals surface area contributed by atoms with Crippen LogP contribution in [0.4, 0.5) is 0 Å². The van der Waals surface area contributed by atoms with E-state index in [9.17, 15) is 4.79 Å². The largest absolute Gasteiger partial charge is 0.508 e. The van der Waals surface area contributed by atoms with Crippen LogP contribution < -0.4 is 0 Å². The lowest BCUT2D eigenvalue weighted by Crippen LogP contribution is -2.01. The molecule has 0 bridgehead atoms. The maximum Gasteiger partial charge on any atom is 0.335 e. The average Bonchev–Trinajstić information content (AvgIpc) is 2.04. The molecule has 3 nitrogen and oxygen atoms in total. The number of carboxylic acid groups (broad SMARTS) is 1. The van der Waals surface area contributed by atoms with Crippen molar-refractivity contribution in [1.82, 2.24) is 0 Å². The van der Waals surface area contributed by atoms with E-state index in [1.54, 1.807) is 6.08 Å². The Balaban J connectivity index is 3.17. The number of phenolic OH excluding ortho intramolecular Hbond substituents is 1. The third-order valence-electron chi connectivity index (χ3n) is 1.68. The van der Waals surface area contributed by atoms with E-state index in [1.165, 1.54) is 18.2 Å². The number of hydrogen-bond donors (Lipinski definition) is 2. The summed E-state index contributed by atoms with van der Waals surface area (Å²) in [5.74, 6) is -0.918. The molecule has 0 spiro atoms. The van der Waals surface area contributed by atoms with Crippen molar-refractivity contribution >= 4 is 5.97 Å². The molecule has 0 saturated carbocycles. The highest BCUT2D eigenvalue weighted by molar-refractivity contribution is 5.89. The first-order valence-corrected chi connectivity index (χ1v) is 3.81. The number of benzene rings is 1. The Morgan fingerprint density at radius 1 is 1.54 bits per heavy atom. The van der Waals surface area contributed by atoms with Crippen LogP contribution in [0.15, 0.2) is 30.9 Å². The number of carboxylic acids is 1. The van der Waals surface area contributed by atoms with Crippen molar-refractivity contribution in [2.75, 3.05) is 0 Å². The van der Waals surface area contributed by atoms with Crippen molar-refractivity contribution in [3.8, 4) is 5.75 Å². The van der Waals surface area contributed by atoms with Crippen LogP contribution in [0.2, 0.25) is 0 Å². The normalized spacial score (nSPS) is 9.54. The van der Waals surface area contributed by atoms with E-state index >= 15 is 0 Å². The molecule has 0 aliphatic carbocycles. The summed E-state index contributed by atoms with van der Waals surface area (Å²) in [6, 6.07) is 4.18. The molecule has 0 aromatic heterocycles. The molecule has 0 radical (unpaired) electrons. The second-order valence-electron chi connectivity index (χ2n) is 2.64. The Bertz CT molecular complexity index is 342. The first kappa shape index (κ1) is 9.32. The Morgan fingerprint density at radius 2 is 2.23 bits per heavy atom. The second kappa shape index (κ2) is 3.76. The molecular weight excluding hydrogens is 168 g/mol. The molecule has 0 aliphatic rings. The Kier molecular flexibility index (Phi) is 2.69. The van der Waals surface area contributed by atoms with Gasteiger partial charge in [0, 0.05) is 0 Å². The Hall–Kier alpha value is -1.77. The molecule has 1 aromatic carbocycles. The fraction of sp³-hybridized carbons (Fsp3) is 0.100. The third kappa shape index (κ3) is 2.08. The minimum atomic E-state index is -0.989. The number of carbonyl (C=O) groups is 1. The number of aromatic carboxylic acids is 1. The van der Waals surface area contributed by atoms with E-state index in [-0.39, 0.29) is 11.3 Å². The van der Waals surface area contributed by atoms with Crippen molar-refractivity contribution in [3.63, 3.8) is 0 Å². The summed E-state index contributed by atoms with van der Waals surface area (Å²) in [6.07, 6.45) is 2.04. The topological polar surface area (TPSA) is 57.5 Å². The molecule has 0 saturated heterocycles. The fourth-order valence-electron chi connectivity index (χ4n) is 1.11. The monoisotopic (exact) mass is 178 g/mol. The quantitative estimate of drug-likeness (QED) is 0.694. The summed E-state index contributed by atoms with van der Waals surface area (Å²) in [7, 11) is 0. The van der Waals surface area contributed by atoms with E-state index in [0.29, 0.717) is 12.0 Å². The summed E-state index contributed by atoms with van der Waals surface area (Å²) in [5, 5.41) is 17.9. The molecule has 0 aliphatic heterocycles. The van der Waals surface area contributed by atoms with Gasteiger partial charge in [0.15, 0.2) is 0 Å². The van der Waals surface area contributed by atoms with E-state index in [4.69, 9.17) is 10.2 Å². The molecule has 0 amide bonds. The van der Waals surface area contributed by atoms with Crippen LogP contribution in [-0.4, -0.2) is 16.2 Å².